The summed E-state index contributed by atoms with van der Waals surface area (Å²) in [5.41, 5.74) is 6.71. The lowest BCUT2D eigenvalue weighted by molar-refractivity contribution is 0.149. The first kappa shape index (κ1) is 16.4. The third-order valence-corrected chi connectivity index (χ3v) is 4.31. The van der Waals surface area contributed by atoms with Crippen molar-refractivity contribution in [2.45, 2.75) is 38.8 Å². The molecule has 7 heteroatoms. The minimum atomic E-state index is 0.232. The first-order chi connectivity index (χ1) is 11.6. The van der Waals surface area contributed by atoms with Crippen LogP contribution in [-0.4, -0.2) is 39.5 Å². The predicted octanol–water partition coefficient (Wildman–Crippen LogP) is 2.58. The Kier molecular flexibility index (Phi) is 5.10. The van der Waals surface area contributed by atoms with E-state index in [1.54, 1.807) is 7.11 Å². The molecule has 1 saturated heterocycles. The Morgan fingerprint density at radius 3 is 2.96 bits per heavy atom. The van der Waals surface area contributed by atoms with E-state index in [-0.39, 0.29) is 5.95 Å². The molecule has 3 rings (SSSR count). The number of piperidine rings is 1. The van der Waals surface area contributed by atoms with Crippen LogP contribution in [0.15, 0.2) is 24.3 Å². The number of likely N-dealkylation sites (tertiary alicyclic amines) is 1. The molecule has 0 aliphatic carbocycles. The van der Waals surface area contributed by atoms with Gasteiger partial charge in [0.2, 0.25) is 11.9 Å². The number of hydrogen-bond donors (Lipinski definition) is 2. The van der Waals surface area contributed by atoms with E-state index in [0.717, 1.165) is 18.0 Å². The highest BCUT2D eigenvalue weighted by molar-refractivity contribution is 5.56. The molecule has 1 atom stereocenters. The van der Waals surface area contributed by atoms with Crippen molar-refractivity contribution in [3.8, 4) is 5.75 Å². The molecule has 0 bridgehead atoms. The summed E-state index contributed by atoms with van der Waals surface area (Å²) >= 11 is 0. The molecular weight excluding hydrogens is 304 g/mol. The molecular formula is C17H24N6O. The maximum absolute atomic E-state index is 5.86. The number of nitrogens with one attached hydrogen (secondary N) is 1. The minimum absolute atomic E-state index is 0.232. The summed E-state index contributed by atoms with van der Waals surface area (Å²) in [5.74, 6) is 2.15. The van der Waals surface area contributed by atoms with Gasteiger partial charge in [-0.25, -0.2) is 0 Å². The van der Waals surface area contributed by atoms with Gasteiger partial charge in [-0.15, -0.1) is 0 Å². The molecule has 7 nitrogen and oxygen atoms in total. The highest BCUT2D eigenvalue weighted by Gasteiger charge is 2.19. The molecule has 0 spiro atoms. The predicted molar refractivity (Wildman–Crippen MR) is 94.2 cm³/mol. The van der Waals surface area contributed by atoms with E-state index >= 15 is 0 Å². The third-order valence-electron chi connectivity index (χ3n) is 4.31. The van der Waals surface area contributed by atoms with Crippen LogP contribution in [0, 0.1) is 0 Å². The van der Waals surface area contributed by atoms with Gasteiger partial charge in [0.05, 0.1) is 13.7 Å². The van der Waals surface area contributed by atoms with Crippen LogP contribution in [0.1, 0.15) is 32.0 Å². The number of ether oxygens (including phenoxy) is 1. The smallest absolute Gasteiger partial charge is 0.232 e. The standard InChI is InChI=1S/C17H24N6O/c1-12-6-3-4-9-23(12)11-15-20-16(18)22-17(21-15)19-13-7-5-8-14(10-13)24-2/h5,7-8,10,12H,3-4,6,9,11H2,1-2H3,(H3,18,19,20,21,22)/t12-/m0/s1. The van der Waals surface area contributed by atoms with Crippen LogP contribution < -0.4 is 15.8 Å². The van der Waals surface area contributed by atoms with E-state index in [9.17, 15) is 0 Å². The fourth-order valence-electron chi connectivity index (χ4n) is 2.97. The Hall–Kier alpha value is -2.41. The van der Waals surface area contributed by atoms with Gasteiger partial charge in [-0.1, -0.05) is 12.5 Å². The third kappa shape index (κ3) is 4.11. The molecule has 24 heavy (non-hydrogen) atoms. The SMILES string of the molecule is COc1cccc(Nc2nc(N)nc(CN3CCCC[C@@H]3C)n2)c1. The number of benzene rings is 1. The lowest BCUT2D eigenvalue weighted by Gasteiger charge is -2.32. The number of rotatable bonds is 5. The number of hydrogen-bond acceptors (Lipinski definition) is 7. The largest absolute Gasteiger partial charge is 0.497 e. The van der Waals surface area contributed by atoms with Crippen molar-refractivity contribution >= 4 is 17.6 Å². The zero-order chi connectivity index (χ0) is 16.9. The van der Waals surface area contributed by atoms with Gasteiger partial charge in [0.25, 0.3) is 0 Å². The van der Waals surface area contributed by atoms with Gasteiger partial charge in [-0.05, 0) is 38.4 Å². The Bertz CT molecular complexity index is 693. The molecule has 1 aliphatic heterocycles. The van der Waals surface area contributed by atoms with Crippen LogP contribution in [-0.2, 0) is 6.54 Å². The maximum atomic E-state index is 5.86. The number of nitrogens with two attached hydrogens (primary N) is 1. The molecule has 3 N–H and O–H groups in total. The monoisotopic (exact) mass is 328 g/mol. The number of aromatic nitrogens is 3. The van der Waals surface area contributed by atoms with E-state index in [0.29, 0.717) is 24.4 Å². The summed E-state index contributed by atoms with van der Waals surface area (Å²) in [5, 5.41) is 3.17. The number of nitrogen functional groups attached to an aromatic ring is 1. The molecule has 1 aliphatic rings. The van der Waals surface area contributed by atoms with E-state index < -0.39 is 0 Å². The Balaban J connectivity index is 1.75. The van der Waals surface area contributed by atoms with Crippen molar-refractivity contribution in [2.24, 2.45) is 0 Å². The highest BCUT2D eigenvalue weighted by atomic mass is 16.5. The number of anilines is 3. The van der Waals surface area contributed by atoms with Gasteiger partial charge in [0.1, 0.15) is 11.6 Å². The lowest BCUT2D eigenvalue weighted by atomic mass is 10.0. The second-order valence-corrected chi connectivity index (χ2v) is 6.11. The fourth-order valence-corrected chi connectivity index (χ4v) is 2.97. The number of methoxy groups -OCH3 is 1. The van der Waals surface area contributed by atoms with E-state index in [1.165, 1.54) is 19.3 Å². The second-order valence-electron chi connectivity index (χ2n) is 6.11. The molecule has 0 unspecified atom stereocenters. The summed E-state index contributed by atoms with van der Waals surface area (Å²) in [6.45, 7) is 4.02. The topological polar surface area (TPSA) is 89.2 Å². The average molecular weight is 328 g/mol. The van der Waals surface area contributed by atoms with Crippen molar-refractivity contribution in [3.05, 3.63) is 30.1 Å². The number of nitrogens with zero attached hydrogens (tertiary/aromatic N) is 4. The van der Waals surface area contributed by atoms with Crippen LogP contribution in [0.2, 0.25) is 0 Å². The van der Waals surface area contributed by atoms with E-state index in [2.05, 4.69) is 32.1 Å². The summed E-state index contributed by atoms with van der Waals surface area (Å²) in [6.07, 6.45) is 3.73. The minimum Gasteiger partial charge on any atom is -0.497 e. The first-order valence-corrected chi connectivity index (χ1v) is 8.29. The molecule has 1 aromatic carbocycles. The second kappa shape index (κ2) is 7.44. The van der Waals surface area contributed by atoms with Crippen LogP contribution in [0.3, 0.4) is 0 Å². The summed E-state index contributed by atoms with van der Waals surface area (Å²) in [7, 11) is 1.64. The molecule has 0 amide bonds. The van der Waals surface area contributed by atoms with Gasteiger partial charge in [-0.2, -0.15) is 15.0 Å². The normalized spacial score (nSPS) is 18.3. The van der Waals surface area contributed by atoms with Crippen LogP contribution >= 0.6 is 0 Å². The first-order valence-electron chi connectivity index (χ1n) is 8.29. The average Bonchev–Trinajstić information content (AvgIpc) is 2.56. The molecule has 1 aromatic heterocycles. The quantitative estimate of drug-likeness (QED) is 0.872. The van der Waals surface area contributed by atoms with E-state index in [1.807, 2.05) is 24.3 Å². The van der Waals surface area contributed by atoms with Crippen LogP contribution in [0.4, 0.5) is 17.6 Å². The molecule has 2 heterocycles. The fraction of sp³-hybridized carbons (Fsp3) is 0.471. The van der Waals surface area contributed by atoms with Gasteiger partial charge >= 0.3 is 0 Å². The molecule has 1 fully saturated rings. The maximum Gasteiger partial charge on any atom is 0.232 e. The van der Waals surface area contributed by atoms with Crippen molar-refractivity contribution in [1.29, 1.82) is 0 Å². The van der Waals surface area contributed by atoms with Gasteiger partial charge in [-0.3, -0.25) is 4.90 Å². The Labute approximate surface area is 142 Å². The highest BCUT2D eigenvalue weighted by Crippen LogP contribution is 2.21. The van der Waals surface area contributed by atoms with Crippen molar-refractivity contribution in [1.82, 2.24) is 19.9 Å². The van der Waals surface area contributed by atoms with Crippen LogP contribution in [0.5, 0.6) is 5.75 Å². The summed E-state index contributed by atoms with van der Waals surface area (Å²) in [6, 6.07) is 8.14. The Morgan fingerprint density at radius 1 is 1.29 bits per heavy atom. The zero-order valence-corrected chi connectivity index (χ0v) is 14.2. The van der Waals surface area contributed by atoms with Gasteiger partial charge < -0.3 is 15.8 Å². The Morgan fingerprint density at radius 2 is 2.17 bits per heavy atom. The van der Waals surface area contributed by atoms with Gasteiger partial charge in [0.15, 0.2) is 0 Å². The molecule has 0 saturated carbocycles. The van der Waals surface area contributed by atoms with Crippen LogP contribution in [0.25, 0.3) is 0 Å². The van der Waals surface area contributed by atoms with Crippen molar-refractivity contribution < 1.29 is 4.74 Å². The molecule has 2 aromatic rings. The van der Waals surface area contributed by atoms with Gasteiger partial charge in [0, 0.05) is 17.8 Å². The molecule has 128 valence electrons. The summed E-state index contributed by atoms with van der Waals surface area (Å²) < 4.78 is 5.23. The van der Waals surface area contributed by atoms with Crippen molar-refractivity contribution in [2.75, 3.05) is 24.7 Å². The van der Waals surface area contributed by atoms with E-state index in [4.69, 9.17) is 10.5 Å². The molecule has 0 radical (unpaired) electrons. The van der Waals surface area contributed by atoms with Crippen molar-refractivity contribution in [3.63, 3.8) is 0 Å². The zero-order valence-electron chi connectivity index (χ0n) is 14.2. The lowest BCUT2D eigenvalue weighted by Crippen LogP contribution is -2.37. The summed E-state index contributed by atoms with van der Waals surface area (Å²) in [4.78, 5) is 15.4.